The van der Waals surface area contributed by atoms with Crippen LogP contribution in [0.3, 0.4) is 0 Å². The first-order valence-electron chi connectivity index (χ1n) is 3.31. The Kier molecular flexibility index (Phi) is 3.29. The number of aromatic hydroxyl groups is 2. The van der Waals surface area contributed by atoms with Crippen LogP contribution < -0.4 is 11.3 Å². The normalized spacial score (nSPS) is 9.93. The van der Waals surface area contributed by atoms with E-state index in [4.69, 9.17) is 11.4 Å². The number of nitrogens with two attached hydrogens (primary N) is 1. The summed E-state index contributed by atoms with van der Waals surface area (Å²) < 4.78 is 0.243. The van der Waals surface area contributed by atoms with Gasteiger partial charge in [-0.15, -0.1) is 0 Å². The molecular formula is C6H6Br2N4O2. The van der Waals surface area contributed by atoms with Crippen LogP contribution in [0.2, 0.25) is 0 Å². The van der Waals surface area contributed by atoms with Gasteiger partial charge in [-0.2, -0.15) is 5.11 Å². The van der Waals surface area contributed by atoms with Gasteiger partial charge in [0.05, 0.1) is 8.95 Å². The molecule has 14 heavy (non-hydrogen) atoms. The van der Waals surface area contributed by atoms with Crippen molar-refractivity contribution < 1.29 is 10.2 Å². The molecule has 0 aliphatic rings. The van der Waals surface area contributed by atoms with Gasteiger partial charge in [-0.1, -0.05) is 0 Å². The van der Waals surface area contributed by atoms with E-state index in [1.54, 1.807) is 0 Å². The van der Waals surface area contributed by atoms with Crippen molar-refractivity contribution in [2.45, 2.75) is 0 Å². The van der Waals surface area contributed by atoms with Gasteiger partial charge >= 0.3 is 0 Å². The third kappa shape index (κ3) is 1.56. The molecule has 6 nitrogen and oxygen atoms in total. The van der Waals surface area contributed by atoms with E-state index >= 15 is 0 Å². The van der Waals surface area contributed by atoms with Crippen LogP contribution >= 0.6 is 31.9 Å². The van der Waals surface area contributed by atoms with Gasteiger partial charge in [-0.25, -0.2) is 5.53 Å². The van der Waals surface area contributed by atoms with Gasteiger partial charge in [-0.3, -0.25) is 5.84 Å². The van der Waals surface area contributed by atoms with Crippen molar-refractivity contribution in [1.82, 2.24) is 0 Å². The monoisotopic (exact) mass is 324 g/mol. The van der Waals surface area contributed by atoms with Gasteiger partial charge in [0, 0.05) is 0 Å². The summed E-state index contributed by atoms with van der Waals surface area (Å²) in [6.07, 6.45) is 0. The molecule has 6 N–H and O–H groups in total. The summed E-state index contributed by atoms with van der Waals surface area (Å²) in [7, 11) is 0. The molecule has 0 bridgehead atoms. The summed E-state index contributed by atoms with van der Waals surface area (Å²) >= 11 is 5.98. The van der Waals surface area contributed by atoms with Crippen molar-refractivity contribution in [3.05, 3.63) is 8.95 Å². The molecule has 8 heteroatoms. The maximum atomic E-state index is 9.54. The molecule has 76 valence electrons. The molecule has 1 aromatic rings. The van der Waals surface area contributed by atoms with E-state index in [1.165, 1.54) is 0 Å². The highest BCUT2D eigenvalue weighted by Gasteiger charge is 2.20. The average molecular weight is 326 g/mol. The zero-order chi connectivity index (χ0) is 10.9. The highest BCUT2D eigenvalue weighted by molar-refractivity contribution is 9.11. The molecule has 0 atom stereocenters. The molecule has 1 aromatic carbocycles. The molecule has 0 radical (unpaired) electrons. The Morgan fingerprint density at radius 2 is 1.79 bits per heavy atom. The van der Waals surface area contributed by atoms with Crippen LogP contribution in [0.25, 0.3) is 0 Å². The van der Waals surface area contributed by atoms with Crippen LogP contribution in [0.15, 0.2) is 14.1 Å². The number of rotatable bonds is 2. The Hall–Kier alpha value is -0.860. The second-order valence-electron chi connectivity index (χ2n) is 2.30. The number of halogens is 2. The van der Waals surface area contributed by atoms with Crippen molar-refractivity contribution >= 4 is 43.2 Å². The molecule has 1 rings (SSSR count). The van der Waals surface area contributed by atoms with E-state index in [9.17, 15) is 10.2 Å². The van der Waals surface area contributed by atoms with E-state index < -0.39 is 0 Å². The molecule has 0 amide bonds. The molecule has 0 fully saturated rings. The first-order valence-corrected chi connectivity index (χ1v) is 4.90. The van der Waals surface area contributed by atoms with E-state index in [2.05, 4.69) is 42.4 Å². The van der Waals surface area contributed by atoms with E-state index in [-0.39, 0.29) is 31.8 Å². The fraction of sp³-hybridized carbons (Fsp3) is 0. The zero-order valence-electron chi connectivity index (χ0n) is 6.67. The number of nitrogens with zero attached hydrogens (tertiary/aromatic N) is 1. The average Bonchev–Trinajstić information content (AvgIpc) is 2.17. The van der Waals surface area contributed by atoms with Crippen LogP contribution in [-0.4, -0.2) is 10.2 Å². The molecule has 0 aliphatic heterocycles. The number of hydrogen-bond acceptors (Lipinski definition) is 6. The number of anilines is 1. The summed E-state index contributed by atoms with van der Waals surface area (Å²) in [6.45, 7) is 0. The summed E-state index contributed by atoms with van der Waals surface area (Å²) in [5, 5.41) is 22.1. The van der Waals surface area contributed by atoms with Crippen molar-refractivity contribution in [2.75, 3.05) is 5.43 Å². The summed E-state index contributed by atoms with van der Waals surface area (Å²) in [5.41, 5.74) is 9.04. The first kappa shape index (κ1) is 11.2. The number of nitrogens with one attached hydrogen (secondary N) is 2. The quantitative estimate of drug-likeness (QED) is 0.189. The van der Waals surface area contributed by atoms with Gasteiger partial charge in [0.15, 0.2) is 11.5 Å². The van der Waals surface area contributed by atoms with Crippen LogP contribution in [0.5, 0.6) is 11.5 Å². The van der Waals surface area contributed by atoms with Crippen molar-refractivity contribution in [3.8, 4) is 11.5 Å². The molecule has 0 unspecified atom stereocenters. The smallest absolute Gasteiger partial charge is 0.160 e. The number of benzene rings is 1. The minimum atomic E-state index is -0.280. The predicted molar refractivity (Wildman–Crippen MR) is 57.8 cm³/mol. The number of phenols is 2. The minimum Gasteiger partial charge on any atom is -0.504 e. The van der Waals surface area contributed by atoms with Gasteiger partial charge in [0.25, 0.3) is 0 Å². The maximum absolute atomic E-state index is 9.54. The van der Waals surface area contributed by atoms with Crippen LogP contribution in [0.4, 0.5) is 11.4 Å². The highest BCUT2D eigenvalue weighted by atomic mass is 79.9. The number of hydrazine groups is 1. The van der Waals surface area contributed by atoms with Gasteiger partial charge in [0.1, 0.15) is 11.4 Å². The van der Waals surface area contributed by atoms with E-state index in [1.807, 2.05) is 0 Å². The van der Waals surface area contributed by atoms with Crippen LogP contribution in [0.1, 0.15) is 0 Å². The Labute approximate surface area is 95.9 Å². The van der Waals surface area contributed by atoms with Crippen molar-refractivity contribution in [2.24, 2.45) is 11.0 Å². The van der Waals surface area contributed by atoms with Crippen molar-refractivity contribution in [1.29, 1.82) is 5.53 Å². The lowest BCUT2D eigenvalue weighted by Gasteiger charge is -2.11. The van der Waals surface area contributed by atoms with Gasteiger partial charge < -0.3 is 15.6 Å². The minimum absolute atomic E-state index is 0.0756. The molecule has 0 saturated heterocycles. The lowest BCUT2D eigenvalue weighted by molar-refractivity contribution is 0.457. The van der Waals surface area contributed by atoms with Gasteiger partial charge in [-0.05, 0) is 31.9 Å². The zero-order valence-corrected chi connectivity index (χ0v) is 9.85. The molecule has 0 aliphatic carbocycles. The maximum Gasteiger partial charge on any atom is 0.160 e. The summed E-state index contributed by atoms with van der Waals surface area (Å²) in [4.78, 5) is 0. The highest BCUT2D eigenvalue weighted by Crippen LogP contribution is 2.51. The SMILES string of the molecule is N=Nc1c(O)c(Br)c(NN)c(O)c1Br. The summed E-state index contributed by atoms with van der Waals surface area (Å²) in [6, 6.07) is 0. The fourth-order valence-corrected chi connectivity index (χ4v) is 1.85. The third-order valence-corrected chi connectivity index (χ3v) is 3.08. The molecular weight excluding hydrogens is 320 g/mol. The molecule has 0 heterocycles. The van der Waals surface area contributed by atoms with E-state index in [0.717, 1.165) is 0 Å². The summed E-state index contributed by atoms with van der Waals surface area (Å²) in [5.74, 6) is 4.62. The lowest BCUT2D eigenvalue weighted by atomic mass is 10.2. The number of nitrogen functional groups attached to an aromatic ring is 1. The fourth-order valence-electron chi connectivity index (χ4n) is 0.886. The first-order chi connectivity index (χ1) is 6.54. The second kappa shape index (κ2) is 4.11. The third-order valence-electron chi connectivity index (χ3n) is 1.56. The number of phenolic OH excluding ortho intramolecular Hbond substituents is 2. The standard InChI is InChI=1S/C6H6Br2N4O2/c7-1-3(11-9)6(14)2(8)4(12-10)5(1)13/h9,12-14H,10H2. The Morgan fingerprint density at radius 1 is 1.21 bits per heavy atom. The largest absolute Gasteiger partial charge is 0.504 e. The van der Waals surface area contributed by atoms with Crippen molar-refractivity contribution in [3.63, 3.8) is 0 Å². The van der Waals surface area contributed by atoms with Crippen LogP contribution in [-0.2, 0) is 0 Å². The Bertz CT molecular complexity index is 367. The Morgan fingerprint density at radius 3 is 2.21 bits per heavy atom. The number of hydrogen-bond donors (Lipinski definition) is 5. The molecule has 0 saturated carbocycles. The van der Waals surface area contributed by atoms with Gasteiger partial charge in [0.2, 0.25) is 0 Å². The van der Waals surface area contributed by atoms with E-state index in [0.29, 0.717) is 0 Å². The molecule has 0 spiro atoms. The Balaban J connectivity index is 3.63. The lowest BCUT2D eigenvalue weighted by Crippen LogP contribution is -2.07. The topological polar surface area (TPSA) is 115 Å². The molecule has 0 aromatic heterocycles. The predicted octanol–water partition coefficient (Wildman–Crippen LogP) is 2.57. The second-order valence-corrected chi connectivity index (χ2v) is 3.89. The van der Waals surface area contributed by atoms with Crippen LogP contribution in [0, 0.1) is 5.53 Å².